The second-order valence-electron chi connectivity index (χ2n) is 5.31. The van der Waals surface area contributed by atoms with Gasteiger partial charge in [-0.3, -0.25) is 4.79 Å². The molecule has 0 aliphatic heterocycles. The van der Waals surface area contributed by atoms with Crippen LogP contribution >= 0.6 is 0 Å². The average Bonchev–Trinajstić information content (AvgIpc) is 2.42. The molecule has 0 spiro atoms. The zero-order valence-corrected chi connectivity index (χ0v) is 12.1. The van der Waals surface area contributed by atoms with Crippen molar-refractivity contribution < 1.29 is 9.90 Å². The highest BCUT2D eigenvalue weighted by Gasteiger charge is 2.15. The Bertz CT molecular complexity index is 384. The van der Waals surface area contributed by atoms with Gasteiger partial charge in [0.1, 0.15) is 0 Å². The highest BCUT2D eigenvalue weighted by atomic mass is 16.3. The van der Waals surface area contributed by atoms with Crippen molar-refractivity contribution in [3.63, 3.8) is 0 Å². The van der Waals surface area contributed by atoms with Crippen molar-refractivity contribution in [2.45, 2.75) is 46.1 Å². The van der Waals surface area contributed by atoms with Crippen LogP contribution in [0.2, 0.25) is 0 Å². The van der Waals surface area contributed by atoms with Crippen molar-refractivity contribution in [3.05, 3.63) is 35.4 Å². The van der Waals surface area contributed by atoms with Crippen molar-refractivity contribution in [1.82, 2.24) is 5.32 Å². The Kier molecular flexibility index (Phi) is 6.57. The van der Waals surface area contributed by atoms with Gasteiger partial charge >= 0.3 is 0 Å². The average molecular weight is 263 g/mol. The third-order valence-corrected chi connectivity index (χ3v) is 3.35. The van der Waals surface area contributed by atoms with E-state index in [1.165, 1.54) is 18.4 Å². The molecule has 3 nitrogen and oxygen atoms in total. The highest BCUT2D eigenvalue weighted by Crippen LogP contribution is 2.09. The number of hydrogen-bond donors (Lipinski definition) is 2. The fourth-order valence-electron chi connectivity index (χ4n) is 1.88. The predicted molar refractivity (Wildman–Crippen MR) is 78.2 cm³/mol. The number of unbranched alkanes of at least 4 members (excludes halogenated alkanes) is 1. The maximum Gasteiger partial charge on any atom is 0.251 e. The van der Waals surface area contributed by atoms with Gasteiger partial charge in [0.25, 0.3) is 5.91 Å². The summed E-state index contributed by atoms with van der Waals surface area (Å²) in [4.78, 5) is 12.0. The van der Waals surface area contributed by atoms with Gasteiger partial charge in [-0.15, -0.1) is 0 Å². The Hall–Kier alpha value is -1.35. The van der Waals surface area contributed by atoms with Gasteiger partial charge in [-0.25, -0.2) is 0 Å². The molecule has 0 saturated heterocycles. The van der Waals surface area contributed by atoms with Crippen LogP contribution in [-0.2, 0) is 6.42 Å². The second-order valence-corrected chi connectivity index (χ2v) is 5.31. The molecule has 0 unspecified atom stereocenters. The molecule has 0 saturated carbocycles. The molecule has 1 aromatic carbocycles. The molecule has 19 heavy (non-hydrogen) atoms. The van der Waals surface area contributed by atoms with Crippen LogP contribution in [0.3, 0.4) is 0 Å². The van der Waals surface area contributed by atoms with Crippen LogP contribution in [0.5, 0.6) is 0 Å². The summed E-state index contributed by atoms with van der Waals surface area (Å²) in [5.41, 5.74) is 1.92. The lowest BCUT2D eigenvalue weighted by Crippen LogP contribution is -2.41. The van der Waals surface area contributed by atoms with Crippen molar-refractivity contribution in [3.8, 4) is 0 Å². The van der Waals surface area contributed by atoms with Gasteiger partial charge in [0, 0.05) is 5.56 Å². The summed E-state index contributed by atoms with van der Waals surface area (Å²) in [7, 11) is 0. The molecule has 1 aromatic rings. The molecule has 0 bridgehead atoms. The minimum absolute atomic E-state index is 0.0298. The smallest absolute Gasteiger partial charge is 0.251 e. The summed E-state index contributed by atoms with van der Waals surface area (Å²) >= 11 is 0. The van der Waals surface area contributed by atoms with Gasteiger partial charge in [-0.2, -0.15) is 0 Å². The summed E-state index contributed by atoms with van der Waals surface area (Å²) in [6.45, 7) is 6.10. The fourth-order valence-corrected chi connectivity index (χ4v) is 1.88. The van der Waals surface area contributed by atoms with E-state index in [0.29, 0.717) is 5.56 Å². The van der Waals surface area contributed by atoms with Crippen molar-refractivity contribution in [2.24, 2.45) is 5.92 Å². The summed E-state index contributed by atoms with van der Waals surface area (Å²) in [5.74, 6) is 0.104. The van der Waals surface area contributed by atoms with Crippen LogP contribution in [-0.4, -0.2) is 23.7 Å². The molecule has 3 heteroatoms. The maximum absolute atomic E-state index is 12.0. The number of hydrogen-bond acceptors (Lipinski definition) is 2. The monoisotopic (exact) mass is 263 g/mol. The Balaban J connectivity index is 2.62. The zero-order chi connectivity index (χ0) is 14.3. The summed E-state index contributed by atoms with van der Waals surface area (Å²) in [6, 6.07) is 7.54. The first-order valence-corrected chi connectivity index (χ1v) is 7.09. The third kappa shape index (κ3) is 5.03. The lowest BCUT2D eigenvalue weighted by Gasteiger charge is -2.19. The maximum atomic E-state index is 12.0. The van der Waals surface area contributed by atoms with Crippen molar-refractivity contribution >= 4 is 5.91 Å². The van der Waals surface area contributed by atoms with Crippen LogP contribution < -0.4 is 5.32 Å². The van der Waals surface area contributed by atoms with Gasteiger partial charge in [0.2, 0.25) is 0 Å². The molecule has 1 atom stereocenters. The van der Waals surface area contributed by atoms with E-state index >= 15 is 0 Å². The first kappa shape index (κ1) is 15.7. The summed E-state index contributed by atoms with van der Waals surface area (Å²) < 4.78 is 0. The molecular formula is C16H25NO2. The minimum atomic E-state index is -0.188. The van der Waals surface area contributed by atoms with Gasteiger partial charge < -0.3 is 10.4 Å². The second kappa shape index (κ2) is 7.95. The highest BCUT2D eigenvalue weighted by molar-refractivity contribution is 5.94. The Morgan fingerprint density at radius 1 is 1.26 bits per heavy atom. The van der Waals surface area contributed by atoms with E-state index in [9.17, 15) is 9.90 Å². The van der Waals surface area contributed by atoms with E-state index in [0.717, 1.165) is 6.42 Å². The number of aryl methyl sites for hydroxylation is 1. The number of aliphatic hydroxyl groups is 1. The van der Waals surface area contributed by atoms with E-state index < -0.39 is 0 Å². The van der Waals surface area contributed by atoms with E-state index in [-0.39, 0.29) is 24.5 Å². The molecule has 0 aliphatic carbocycles. The van der Waals surface area contributed by atoms with Crippen LogP contribution in [0.25, 0.3) is 0 Å². The molecule has 2 N–H and O–H groups in total. The molecule has 0 heterocycles. The fraction of sp³-hybridized carbons (Fsp3) is 0.562. The first-order chi connectivity index (χ1) is 9.08. The Labute approximate surface area is 116 Å². The third-order valence-electron chi connectivity index (χ3n) is 3.35. The molecule has 0 fully saturated rings. The lowest BCUT2D eigenvalue weighted by molar-refractivity contribution is 0.0897. The molecule has 0 radical (unpaired) electrons. The van der Waals surface area contributed by atoms with E-state index in [1.807, 2.05) is 38.1 Å². The Morgan fingerprint density at radius 3 is 2.37 bits per heavy atom. The molecule has 1 amide bonds. The predicted octanol–water partition coefficient (Wildman–Crippen LogP) is 2.78. The van der Waals surface area contributed by atoms with Gasteiger partial charge in [0.05, 0.1) is 12.6 Å². The molecule has 1 rings (SSSR count). The van der Waals surface area contributed by atoms with Crippen LogP contribution in [0.4, 0.5) is 0 Å². The van der Waals surface area contributed by atoms with Crippen LogP contribution in [0.15, 0.2) is 24.3 Å². The molecule has 0 aromatic heterocycles. The van der Waals surface area contributed by atoms with E-state index in [4.69, 9.17) is 0 Å². The summed E-state index contributed by atoms with van der Waals surface area (Å²) in [5, 5.41) is 12.1. The first-order valence-electron chi connectivity index (χ1n) is 7.09. The Morgan fingerprint density at radius 2 is 1.89 bits per heavy atom. The lowest BCUT2D eigenvalue weighted by atomic mass is 10.0. The number of aliphatic hydroxyl groups excluding tert-OH is 1. The van der Waals surface area contributed by atoms with E-state index in [2.05, 4.69) is 12.2 Å². The topological polar surface area (TPSA) is 49.3 Å². The number of carbonyl (C=O) groups is 1. The van der Waals surface area contributed by atoms with Gasteiger partial charge in [-0.05, 0) is 36.5 Å². The van der Waals surface area contributed by atoms with Gasteiger partial charge in [0.15, 0.2) is 0 Å². The standard InChI is InChI=1S/C16H25NO2/c1-4-5-6-13-7-9-14(10-8-13)16(19)17-15(11-18)12(2)3/h7-10,12,15,18H,4-6,11H2,1-3H3,(H,17,19)/t15-/m1/s1. The van der Waals surface area contributed by atoms with Gasteiger partial charge in [-0.1, -0.05) is 39.3 Å². The SMILES string of the molecule is CCCCc1ccc(C(=O)N[C@H](CO)C(C)C)cc1. The normalized spacial score (nSPS) is 12.5. The van der Waals surface area contributed by atoms with Crippen molar-refractivity contribution in [1.29, 1.82) is 0 Å². The van der Waals surface area contributed by atoms with Crippen molar-refractivity contribution in [2.75, 3.05) is 6.61 Å². The molecular weight excluding hydrogens is 238 g/mol. The minimum Gasteiger partial charge on any atom is -0.394 e. The quantitative estimate of drug-likeness (QED) is 0.794. The zero-order valence-electron chi connectivity index (χ0n) is 12.1. The van der Waals surface area contributed by atoms with Crippen LogP contribution in [0, 0.1) is 5.92 Å². The number of carbonyl (C=O) groups excluding carboxylic acids is 1. The van der Waals surface area contributed by atoms with Crippen LogP contribution in [0.1, 0.15) is 49.5 Å². The number of nitrogens with one attached hydrogen (secondary N) is 1. The molecule has 0 aliphatic rings. The van der Waals surface area contributed by atoms with E-state index in [1.54, 1.807) is 0 Å². The number of benzene rings is 1. The summed E-state index contributed by atoms with van der Waals surface area (Å²) in [6.07, 6.45) is 3.41. The number of rotatable bonds is 7. The number of amides is 1. The largest absolute Gasteiger partial charge is 0.394 e. The molecule has 106 valence electrons.